The highest BCUT2D eigenvalue weighted by Gasteiger charge is 2.03. The van der Waals surface area contributed by atoms with E-state index in [1.54, 1.807) is 6.20 Å². The van der Waals surface area contributed by atoms with Crippen LogP contribution < -0.4 is 5.73 Å². The van der Waals surface area contributed by atoms with Crippen molar-refractivity contribution < 1.29 is 0 Å². The Morgan fingerprint density at radius 3 is 3.17 bits per heavy atom. The first-order valence-corrected chi connectivity index (χ1v) is 3.89. The van der Waals surface area contributed by atoms with Gasteiger partial charge in [0.25, 0.3) is 0 Å². The average molecular weight is 162 g/mol. The molecule has 2 heterocycles. The van der Waals surface area contributed by atoms with Gasteiger partial charge < -0.3 is 5.73 Å². The summed E-state index contributed by atoms with van der Waals surface area (Å²) in [5.74, 6) is 0.545. The predicted octanol–water partition coefficient (Wildman–Crippen LogP) is 1.10. The number of aromatic nitrogens is 3. The molecule has 0 fully saturated rings. The van der Waals surface area contributed by atoms with Gasteiger partial charge in [0.05, 0.1) is 6.20 Å². The lowest BCUT2D eigenvalue weighted by Gasteiger charge is -1.99. The molecule has 0 spiro atoms. The second-order valence-corrected chi connectivity index (χ2v) is 2.69. The lowest BCUT2D eigenvalue weighted by Crippen LogP contribution is -1.93. The minimum atomic E-state index is 0.545. The van der Waals surface area contributed by atoms with Gasteiger partial charge in [-0.3, -0.25) is 5.10 Å². The van der Waals surface area contributed by atoms with Crippen molar-refractivity contribution >= 4 is 16.9 Å². The molecule has 12 heavy (non-hydrogen) atoms. The number of aromatic amines is 1. The van der Waals surface area contributed by atoms with Crippen LogP contribution in [0.1, 0.15) is 12.5 Å². The zero-order valence-corrected chi connectivity index (χ0v) is 6.83. The summed E-state index contributed by atoms with van der Waals surface area (Å²) in [6, 6.07) is 1.89. The highest BCUT2D eigenvalue weighted by molar-refractivity contribution is 5.79. The van der Waals surface area contributed by atoms with Crippen molar-refractivity contribution in [1.82, 2.24) is 15.2 Å². The molecule has 0 aliphatic carbocycles. The van der Waals surface area contributed by atoms with Crippen LogP contribution in [0.15, 0.2) is 12.3 Å². The maximum Gasteiger partial charge on any atom is 0.157 e. The molecule has 3 N–H and O–H groups in total. The molecule has 0 saturated carbocycles. The van der Waals surface area contributed by atoms with Gasteiger partial charge in [-0.2, -0.15) is 5.10 Å². The summed E-state index contributed by atoms with van der Waals surface area (Å²) in [6.45, 7) is 2.08. The third-order valence-electron chi connectivity index (χ3n) is 1.91. The number of hydrogen-bond acceptors (Lipinski definition) is 3. The van der Waals surface area contributed by atoms with E-state index >= 15 is 0 Å². The average Bonchev–Trinajstić information content (AvgIpc) is 2.50. The van der Waals surface area contributed by atoms with Crippen molar-refractivity contribution in [3.05, 3.63) is 17.8 Å². The van der Waals surface area contributed by atoms with Crippen molar-refractivity contribution in [3.63, 3.8) is 0 Å². The number of H-pyrrole nitrogens is 1. The van der Waals surface area contributed by atoms with Crippen LogP contribution in [0.4, 0.5) is 5.82 Å². The molecular weight excluding hydrogens is 152 g/mol. The topological polar surface area (TPSA) is 67.6 Å². The van der Waals surface area contributed by atoms with Crippen LogP contribution >= 0.6 is 0 Å². The first-order chi connectivity index (χ1) is 5.81. The van der Waals surface area contributed by atoms with Crippen LogP contribution in [0.5, 0.6) is 0 Å². The number of anilines is 1. The number of pyridine rings is 1. The summed E-state index contributed by atoms with van der Waals surface area (Å²) in [5, 5.41) is 7.76. The summed E-state index contributed by atoms with van der Waals surface area (Å²) in [6.07, 6.45) is 2.73. The number of nitrogens with zero attached hydrogens (tertiary/aromatic N) is 2. The van der Waals surface area contributed by atoms with Crippen molar-refractivity contribution in [2.75, 3.05) is 5.73 Å². The van der Waals surface area contributed by atoms with Crippen molar-refractivity contribution in [1.29, 1.82) is 0 Å². The Kier molecular flexibility index (Phi) is 1.46. The van der Waals surface area contributed by atoms with E-state index in [0.717, 1.165) is 17.5 Å². The van der Waals surface area contributed by atoms with Gasteiger partial charge in [-0.05, 0) is 18.1 Å². The molecule has 0 amide bonds. The van der Waals surface area contributed by atoms with Crippen LogP contribution in [0.25, 0.3) is 11.0 Å². The molecule has 0 aromatic carbocycles. The summed E-state index contributed by atoms with van der Waals surface area (Å²) >= 11 is 0. The number of nitrogens with one attached hydrogen (secondary N) is 1. The molecule has 0 radical (unpaired) electrons. The number of nitrogens with two attached hydrogens (primary N) is 1. The monoisotopic (exact) mass is 162 g/mol. The Labute approximate surface area is 69.8 Å². The van der Waals surface area contributed by atoms with Crippen LogP contribution in [0, 0.1) is 0 Å². The molecular formula is C8H10N4. The molecule has 4 nitrogen and oxygen atoms in total. The first kappa shape index (κ1) is 7.09. The van der Waals surface area contributed by atoms with E-state index in [9.17, 15) is 0 Å². The van der Waals surface area contributed by atoms with Gasteiger partial charge in [0.1, 0.15) is 5.82 Å². The Hall–Kier alpha value is -1.58. The lowest BCUT2D eigenvalue weighted by molar-refractivity contribution is 1.10. The zero-order valence-electron chi connectivity index (χ0n) is 6.83. The van der Waals surface area contributed by atoms with Crippen molar-refractivity contribution in [2.24, 2.45) is 0 Å². The maximum absolute atomic E-state index is 5.60. The van der Waals surface area contributed by atoms with Crippen molar-refractivity contribution in [2.45, 2.75) is 13.3 Å². The quantitative estimate of drug-likeness (QED) is 0.659. The summed E-state index contributed by atoms with van der Waals surface area (Å²) < 4.78 is 0. The van der Waals surface area contributed by atoms with Crippen LogP contribution in [-0.2, 0) is 6.42 Å². The van der Waals surface area contributed by atoms with Gasteiger partial charge in [0.15, 0.2) is 5.65 Å². The summed E-state index contributed by atoms with van der Waals surface area (Å²) in [7, 11) is 0. The standard InChI is InChI=1S/C8H10N4/c1-2-5-3-7(9)11-8-6(5)4-10-12-8/h3-4H,2H2,1H3,(H3,9,10,11,12). The van der Waals surface area contributed by atoms with Crippen LogP contribution in [0.2, 0.25) is 0 Å². The predicted molar refractivity (Wildman–Crippen MR) is 47.7 cm³/mol. The third-order valence-corrected chi connectivity index (χ3v) is 1.91. The minimum Gasteiger partial charge on any atom is -0.384 e. The summed E-state index contributed by atoms with van der Waals surface area (Å²) in [4.78, 5) is 4.10. The highest BCUT2D eigenvalue weighted by atomic mass is 15.1. The Balaban J connectivity index is 2.80. The molecule has 0 aliphatic rings. The van der Waals surface area contributed by atoms with Gasteiger partial charge in [-0.25, -0.2) is 4.98 Å². The fourth-order valence-corrected chi connectivity index (χ4v) is 1.31. The Bertz CT molecular complexity index is 404. The van der Waals surface area contributed by atoms with E-state index in [-0.39, 0.29) is 0 Å². The number of aryl methyl sites for hydroxylation is 1. The molecule has 0 aliphatic heterocycles. The smallest absolute Gasteiger partial charge is 0.157 e. The van der Waals surface area contributed by atoms with E-state index in [4.69, 9.17) is 5.73 Å². The molecule has 0 bridgehead atoms. The van der Waals surface area contributed by atoms with E-state index in [1.807, 2.05) is 6.07 Å². The van der Waals surface area contributed by atoms with E-state index < -0.39 is 0 Å². The lowest BCUT2D eigenvalue weighted by atomic mass is 10.1. The van der Waals surface area contributed by atoms with Crippen molar-refractivity contribution in [3.8, 4) is 0 Å². The second kappa shape index (κ2) is 2.48. The Morgan fingerprint density at radius 2 is 2.42 bits per heavy atom. The van der Waals surface area contributed by atoms with Gasteiger partial charge in [-0.1, -0.05) is 6.92 Å². The second-order valence-electron chi connectivity index (χ2n) is 2.69. The van der Waals surface area contributed by atoms with E-state index in [1.165, 1.54) is 5.56 Å². The SMILES string of the molecule is CCc1cc(N)nc2[nH]ncc12. The third kappa shape index (κ3) is 0.922. The van der Waals surface area contributed by atoms with Gasteiger partial charge >= 0.3 is 0 Å². The molecule has 2 aromatic rings. The molecule has 0 saturated heterocycles. The molecule has 2 aromatic heterocycles. The zero-order chi connectivity index (χ0) is 8.55. The van der Waals surface area contributed by atoms with Crippen LogP contribution in [-0.4, -0.2) is 15.2 Å². The number of nitrogen functional groups attached to an aromatic ring is 1. The molecule has 0 unspecified atom stereocenters. The van der Waals surface area contributed by atoms with Crippen LogP contribution in [0.3, 0.4) is 0 Å². The number of rotatable bonds is 1. The molecule has 0 atom stereocenters. The fraction of sp³-hybridized carbons (Fsp3) is 0.250. The molecule has 62 valence electrons. The van der Waals surface area contributed by atoms with E-state index in [2.05, 4.69) is 22.1 Å². The van der Waals surface area contributed by atoms with E-state index in [0.29, 0.717) is 5.82 Å². The first-order valence-electron chi connectivity index (χ1n) is 3.89. The minimum absolute atomic E-state index is 0.545. The Morgan fingerprint density at radius 1 is 1.58 bits per heavy atom. The fourth-order valence-electron chi connectivity index (χ4n) is 1.31. The van der Waals surface area contributed by atoms with Gasteiger partial charge in [0.2, 0.25) is 0 Å². The molecule has 2 rings (SSSR count). The normalized spacial score (nSPS) is 10.8. The van der Waals surface area contributed by atoms with Gasteiger partial charge in [0, 0.05) is 5.39 Å². The number of hydrogen-bond donors (Lipinski definition) is 2. The summed E-state index contributed by atoms with van der Waals surface area (Å²) in [5.41, 5.74) is 7.56. The number of fused-ring (bicyclic) bond motifs is 1. The maximum atomic E-state index is 5.60. The largest absolute Gasteiger partial charge is 0.384 e. The van der Waals surface area contributed by atoms with Gasteiger partial charge in [-0.15, -0.1) is 0 Å². The molecule has 4 heteroatoms. The highest BCUT2D eigenvalue weighted by Crippen LogP contribution is 2.17.